The third-order valence-electron chi connectivity index (χ3n) is 1.49. The minimum absolute atomic E-state index is 0.154. The molecule has 0 saturated carbocycles. The lowest BCUT2D eigenvalue weighted by molar-refractivity contribution is 0.378. The Hall–Kier alpha value is -1.23. The van der Waals surface area contributed by atoms with Crippen LogP contribution in [0.25, 0.3) is 0 Å². The summed E-state index contributed by atoms with van der Waals surface area (Å²) in [7, 11) is 3.28. The first-order valence-electron chi connectivity index (χ1n) is 2.80. The average Bonchev–Trinajstić information content (AvgIpc) is 2.17. The number of hydrogen-bond donors (Lipinski definition) is 2. The van der Waals surface area contributed by atoms with Crippen molar-refractivity contribution >= 4 is 5.82 Å². The van der Waals surface area contributed by atoms with Gasteiger partial charge in [0.1, 0.15) is 5.82 Å². The molecule has 1 rings (SSSR count). The van der Waals surface area contributed by atoms with Gasteiger partial charge in [0.25, 0.3) is 5.56 Å². The standard InChI is InChI=1S/C5H9N3O2/c1-7-4(6-10)3-5(9)8(7)2/h3,6,10H,1-2H3. The lowest BCUT2D eigenvalue weighted by atomic mass is 10.6. The zero-order valence-electron chi connectivity index (χ0n) is 5.83. The van der Waals surface area contributed by atoms with E-state index in [-0.39, 0.29) is 5.56 Å². The van der Waals surface area contributed by atoms with E-state index >= 15 is 0 Å². The summed E-state index contributed by atoms with van der Waals surface area (Å²) in [6.07, 6.45) is 0. The van der Waals surface area contributed by atoms with E-state index in [1.165, 1.54) is 15.4 Å². The first-order chi connectivity index (χ1) is 4.66. The SMILES string of the molecule is Cn1c(NO)cc(=O)n1C. The summed E-state index contributed by atoms with van der Waals surface area (Å²) in [5.74, 6) is 0.382. The number of rotatable bonds is 1. The van der Waals surface area contributed by atoms with Crippen LogP contribution in [0.3, 0.4) is 0 Å². The van der Waals surface area contributed by atoms with E-state index in [9.17, 15) is 4.79 Å². The van der Waals surface area contributed by atoms with Gasteiger partial charge in [-0.05, 0) is 0 Å². The fourth-order valence-corrected chi connectivity index (χ4v) is 0.718. The molecule has 1 aromatic heterocycles. The summed E-state index contributed by atoms with van der Waals surface area (Å²) in [6, 6.07) is 1.31. The van der Waals surface area contributed by atoms with Crippen LogP contribution in [0.5, 0.6) is 0 Å². The molecule has 0 radical (unpaired) electrons. The first kappa shape index (κ1) is 6.88. The van der Waals surface area contributed by atoms with Gasteiger partial charge in [-0.3, -0.25) is 24.8 Å². The van der Waals surface area contributed by atoms with Crippen LogP contribution >= 0.6 is 0 Å². The van der Waals surface area contributed by atoms with E-state index in [0.29, 0.717) is 5.82 Å². The van der Waals surface area contributed by atoms with E-state index in [2.05, 4.69) is 0 Å². The van der Waals surface area contributed by atoms with Gasteiger partial charge in [-0.15, -0.1) is 0 Å². The van der Waals surface area contributed by atoms with Crippen molar-refractivity contribution in [2.24, 2.45) is 14.1 Å². The molecule has 0 spiro atoms. The van der Waals surface area contributed by atoms with Gasteiger partial charge in [0, 0.05) is 20.2 Å². The van der Waals surface area contributed by atoms with Crippen LogP contribution in [0.2, 0.25) is 0 Å². The lowest BCUT2D eigenvalue weighted by Crippen LogP contribution is -2.16. The Labute approximate surface area is 57.4 Å². The Kier molecular flexibility index (Phi) is 1.50. The predicted octanol–water partition coefficient (Wildman–Crippen LogP) is -0.475. The summed E-state index contributed by atoms with van der Waals surface area (Å²) in [4.78, 5) is 10.8. The quantitative estimate of drug-likeness (QED) is 0.522. The number of nitrogens with one attached hydrogen (secondary N) is 1. The van der Waals surface area contributed by atoms with Crippen LogP contribution in [0.1, 0.15) is 0 Å². The Morgan fingerprint density at radius 1 is 1.50 bits per heavy atom. The molecule has 0 atom stereocenters. The molecule has 0 aliphatic carbocycles. The van der Waals surface area contributed by atoms with E-state index < -0.39 is 0 Å². The molecule has 10 heavy (non-hydrogen) atoms. The Balaban J connectivity index is 3.31. The van der Waals surface area contributed by atoms with Crippen LogP contribution in [-0.4, -0.2) is 14.6 Å². The van der Waals surface area contributed by atoms with E-state index in [1.807, 2.05) is 5.48 Å². The second kappa shape index (κ2) is 2.18. The third-order valence-corrected chi connectivity index (χ3v) is 1.49. The molecule has 0 aliphatic heterocycles. The Morgan fingerprint density at radius 2 is 2.10 bits per heavy atom. The molecule has 0 bridgehead atoms. The maximum atomic E-state index is 10.8. The number of hydrogen-bond acceptors (Lipinski definition) is 3. The highest BCUT2D eigenvalue weighted by atomic mass is 16.5. The number of anilines is 1. The smallest absolute Gasteiger partial charge is 0.268 e. The van der Waals surface area contributed by atoms with E-state index in [1.54, 1.807) is 14.1 Å². The van der Waals surface area contributed by atoms with Crippen molar-refractivity contribution in [3.05, 3.63) is 16.4 Å². The molecular formula is C5H9N3O2. The molecule has 0 unspecified atom stereocenters. The molecular weight excluding hydrogens is 134 g/mol. The van der Waals surface area contributed by atoms with Gasteiger partial charge in [-0.25, -0.2) is 0 Å². The highest BCUT2D eigenvalue weighted by Gasteiger charge is 2.00. The van der Waals surface area contributed by atoms with Gasteiger partial charge < -0.3 is 0 Å². The van der Waals surface area contributed by atoms with Gasteiger partial charge in [-0.1, -0.05) is 0 Å². The highest BCUT2D eigenvalue weighted by molar-refractivity contribution is 5.30. The first-order valence-corrected chi connectivity index (χ1v) is 2.80. The van der Waals surface area contributed by atoms with Crippen LogP contribution < -0.4 is 11.0 Å². The second-order valence-electron chi connectivity index (χ2n) is 2.03. The molecule has 0 saturated heterocycles. The molecule has 0 aromatic carbocycles. The summed E-state index contributed by atoms with van der Waals surface area (Å²) in [5, 5.41) is 8.43. The van der Waals surface area contributed by atoms with E-state index in [4.69, 9.17) is 5.21 Å². The zero-order chi connectivity index (χ0) is 7.72. The fourth-order valence-electron chi connectivity index (χ4n) is 0.718. The monoisotopic (exact) mass is 143 g/mol. The van der Waals surface area contributed by atoms with Crippen molar-refractivity contribution in [1.82, 2.24) is 9.36 Å². The normalized spacial score (nSPS) is 9.90. The molecule has 1 aromatic rings. The molecule has 1 heterocycles. The molecule has 2 N–H and O–H groups in total. The molecule has 0 amide bonds. The second-order valence-corrected chi connectivity index (χ2v) is 2.03. The molecule has 0 aliphatic rings. The minimum atomic E-state index is -0.154. The third kappa shape index (κ3) is 0.801. The van der Waals surface area contributed by atoms with Gasteiger partial charge in [0.05, 0.1) is 0 Å². The van der Waals surface area contributed by atoms with Crippen molar-refractivity contribution in [3.63, 3.8) is 0 Å². The Morgan fingerprint density at radius 3 is 2.30 bits per heavy atom. The Bertz CT molecular complexity index is 286. The number of nitrogens with zero attached hydrogens (tertiary/aromatic N) is 2. The maximum Gasteiger partial charge on any atom is 0.268 e. The van der Waals surface area contributed by atoms with E-state index in [0.717, 1.165) is 0 Å². The van der Waals surface area contributed by atoms with Gasteiger partial charge in [0.2, 0.25) is 0 Å². The van der Waals surface area contributed by atoms with Gasteiger partial charge in [-0.2, -0.15) is 0 Å². The maximum absolute atomic E-state index is 10.8. The molecule has 5 heteroatoms. The predicted molar refractivity (Wildman–Crippen MR) is 36.1 cm³/mol. The van der Waals surface area contributed by atoms with Crippen LogP contribution in [0.4, 0.5) is 5.82 Å². The summed E-state index contributed by atoms with van der Waals surface area (Å²) >= 11 is 0. The fraction of sp³-hybridized carbons (Fsp3) is 0.400. The molecule has 0 fully saturated rings. The zero-order valence-corrected chi connectivity index (χ0v) is 5.83. The van der Waals surface area contributed by atoms with Crippen molar-refractivity contribution in [2.75, 3.05) is 5.48 Å². The average molecular weight is 143 g/mol. The van der Waals surface area contributed by atoms with Crippen LogP contribution in [0.15, 0.2) is 10.9 Å². The minimum Gasteiger partial charge on any atom is -0.290 e. The summed E-state index contributed by atoms with van der Waals surface area (Å²) < 4.78 is 2.88. The van der Waals surface area contributed by atoms with Crippen LogP contribution in [-0.2, 0) is 14.1 Å². The van der Waals surface area contributed by atoms with Crippen molar-refractivity contribution in [2.45, 2.75) is 0 Å². The topological polar surface area (TPSA) is 59.2 Å². The summed E-state index contributed by atoms with van der Waals surface area (Å²) in [6.45, 7) is 0. The summed E-state index contributed by atoms with van der Waals surface area (Å²) in [5.41, 5.74) is 1.75. The van der Waals surface area contributed by atoms with Crippen molar-refractivity contribution in [1.29, 1.82) is 0 Å². The highest BCUT2D eigenvalue weighted by Crippen LogP contribution is 1.98. The van der Waals surface area contributed by atoms with Crippen molar-refractivity contribution in [3.8, 4) is 0 Å². The largest absolute Gasteiger partial charge is 0.290 e. The van der Waals surface area contributed by atoms with Gasteiger partial charge in [0.15, 0.2) is 0 Å². The van der Waals surface area contributed by atoms with Gasteiger partial charge >= 0.3 is 0 Å². The number of aromatic nitrogens is 2. The molecule has 56 valence electrons. The van der Waals surface area contributed by atoms with Crippen LogP contribution in [0, 0.1) is 0 Å². The lowest BCUT2D eigenvalue weighted by Gasteiger charge is -2.01. The van der Waals surface area contributed by atoms with Crippen molar-refractivity contribution < 1.29 is 5.21 Å². The molecule has 5 nitrogen and oxygen atoms in total.